The normalized spacial score (nSPS) is 20.5. The second-order valence-corrected chi connectivity index (χ2v) is 7.35. The Morgan fingerprint density at radius 3 is 2.75 bits per heavy atom. The van der Waals surface area contributed by atoms with Crippen LogP contribution in [0.2, 0.25) is 5.02 Å². The first kappa shape index (κ1) is 15.7. The van der Waals surface area contributed by atoms with Crippen LogP contribution in [0.5, 0.6) is 0 Å². The molecule has 4 nitrogen and oxygen atoms in total. The third-order valence-corrected chi connectivity index (χ3v) is 5.83. The molecule has 112 valence electrons. The van der Waals surface area contributed by atoms with Gasteiger partial charge < -0.3 is 5.73 Å². The Bertz CT molecular complexity index is 607. The first-order chi connectivity index (χ1) is 9.40. The number of nitrogens with two attached hydrogens (primary N) is 1. The van der Waals surface area contributed by atoms with Crippen molar-refractivity contribution < 1.29 is 12.8 Å². The van der Waals surface area contributed by atoms with E-state index in [9.17, 15) is 12.8 Å². The lowest BCUT2D eigenvalue weighted by Crippen LogP contribution is -2.30. The average Bonchev–Trinajstić information content (AvgIpc) is 2.90. The van der Waals surface area contributed by atoms with Gasteiger partial charge in [0.25, 0.3) is 0 Å². The predicted octanol–water partition coefficient (Wildman–Crippen LogP) is 2.36. The molecule has 1 atom stereocenters. The number of hydrogen-bond donors (Lipinski definition) is 1. The Labute approximate surface area is 123 Å². The highest BCUT2D eigenvalue weighted by atomic mass is 35.5. The first-order valence-electron chi connectivity index (χ1n) is 6.58. The van der Waals surface area contributed by atoms with E-state index in [0.29, 0.717) is 19.0 Å². The quantitative estimate of drug-likeness (QED) is 0.926. The summed E-state index contributed by atoms with van der Waals surface area (Å²) >= 11 is 5.86. The van der Waals surface area contributed by atoms with Crippen molar-refractivity contribution in [2.75, 3.05) is 13.1 Å². The molecule has 2 N–H and O–H groups in total. The summed E-state index contributed by atoms with van der Waals surface area (Å²) < 4.78 is 40.6. The molecular weight excluding hydrogens is 303 g/mol. The molecule has 1 saturated heterocycles. The molecule has 1 heterocycles. The van der Waals surface area contributed by atoms with E-state index in [1.54, 1.807) is 0 Å². The van der Waals surface area contributed by atoms with Crippen LogP contribution in [0.4, 0.5) is 4.39 Å². The maximum absolute atomic E-state index is 14.2. The van der Waals surface area contributed by atoms with E-state index in [1.807, 2.05) is 6.92 Å². The maximum Gasteiger partial charge on any atom is 0.246 e. The van der Waals surface area contributed by atoms with Gasteiger partial charge in [0, 0.05) is 30.2 Å². The zero-order valence-corrected chi connectivity index (χ0v) is 12.8. The maximum atomic E-state index is 14.2. The Morgan fingerprint density at radius 1 is 1.50 bits per heavy atom. The van der Waals surface area contributed by atoms with E-state index >= 15 is 0 Å². The molecule has 0 saturated carbocycles. The predicted molar refractivity (Wildman–Crippen MR) is 76.5 cm³/mol. The molecule has 20 heavy (non-hydrogen) atoms. The van der Waals surface area contributed by atoms with Crippen LogP contribution in [-0.4, -0.2) is 25.8 Å². The summed E-state index contributed by atoms with van der Waals surface area (Å²) in [4.78, 5) is -0.373. The van der Waals surface area contributed by atoms with Crippen molar-refractivity contribution in [3.05, 3.63) is 28.5 Å². The van der Waals surface area contributed by atoms with Gasteiger partial charge in [-0.15, -0.1) is 0 Å². The second kappa shape index (κ2) is 5.97. The second-order valence-electron chi connectivity index (χ2n) is 5.01. The van der Waals surface area contributed by atoms with E-state index < -0.39 is 15.8 Å². The van der Waals surface area contributed by atoms with Crippen LogP contribution in [0.1, 0.15) is 25.3 Å². The van der Waals surface area contributed by atoms with E-state index in [0.717, 1.165) is 18.9 Å². The molecule has 0 bridgehead atoms. The van der Waals surface area contributed by atoms with Crippen LogP contribution >= 0.6 is 11.6 Å². The van der Waals surface area contributed by atoms with Gasteiger partial charge in [-0.05, 0) is 24.5 Å². The van der Waals surface area contributed by atoms with Crippen molar-refractivity contribution >= 4 is 21.6 Å². The molecule has 0 spiro atoms. The Balaban J connectivity index is 2.42. The van der Waals surface area contributed by atoms with Crippen molar-refractivity contribution in [1.82, 2.24) is 4.31 Å². The lowest BCUT2D eigenvalue weighted by Gasteiger charge is -2.18. The smallest absolute Gasteiger partial charge is 0.246 e. The highest BCUT2D eigenvalue weighted by Gasteiger charge is 2.34. The van der Waals surface area contributed by atoms with Gasteiger partial charge in [0.2, 0.25) is 10.0 Å². The molecule has 7 heteroatoms. The minimum atomic E-state index is -3.85. The van der Waals surface area contributed by atoms with E-state index in [2.05, 4.69) is 0 Å². The zero-order chi connectivity index (χ0) is 14.9. The van der Waals surface area contributed by atoms with Gasteiger partial charge in [-0.2, -0.15) is 4.31 Å². The van der Waals surface area contributed by atoms with Gasteiger partial charge in [0.1, 0.15) is 10.7 Å². The molecule has 1 aliphatic heterocycles. The van der Waals surface area contributed by atoms with Crippen LogP contribution in [0, 0.1) is 11.7 Å². The highest BCUT2D eigenvalue weighted by Crippen LogP contribution is 2.30. The Kier molecular flexibility index (Phi) is 4.69. The van der Waals surface area contributed by atoms with Crippen molar-refractivity contribution in [2.45, 2.75) is 31.2 Å². The first-order valence-corrected chi connectivity index (χ1v) is 8.40. The molecule has 2 rings (SSSR count). The number of nitrogens with zero attached hydrogens (tertiary/aromatic N) is 1. The summed E-state index contributed by atoms with van der Waals surface area (Å²) in [5.74, 6) is -0.460. The number of rotatable bonds is 4. The van der Waals surface area contributed by atoms with Gasteiger partial charge >= 0.3 is 0 Å². The molecule has 0 amide bonds. The molecular formula is C13H18ClFN2O2S. The summed E-state index contributed by atoms with van der Waals surface area (Å²) in [6.07, 6.45) is 1.72. The SMILES string of the molecule is CCC1CCN(S(=O)(=O)c2cc(Cl)cc(CN)c2F)C1. The lowest BCUT2D eigenvalue weighted by atomic mass is 10.1. The fraction of sp³-hybridized carbons (Fsp3) is 0.538. The number of sulfonamides is 1. The van der Waals surface area contributed by atoms with Crippen LogP contribution < -0.4 is 5.73 Å². The third kappa shape index (κ3) is 2.83. The molecule has 1 aromatic carbocycles. The van der Waals surface area contributed by atoms with Crippen molar-refractivity contribution in [3.63, 3.8) is 0 Å². The highest BCUT2D eigenvalue weighted by molar-refractivity contribution is 7.89. The zero-order valence-electron chi connectivity index (χ0n) is 11.3. The topological polar surface area (TPSA) is 63.4 Å². The third-order valence-electron chi connectivity index (χ3n) is 3.74. The molecule has 1 aromatic rings. The van der Waals surface area contributed by atoms with Gasteiger partial charge in [0.05, 0.1) is 0 Å². The van der Waals surface area contributed by atoms with Crippen LogP contribution in [-0.2, 0) is 16.6 Å². The molecule has 0 aromatic heterocycles. The molecule has 0 aliphatic carbocycles. The molecule has 1 unspecified atom stereocenters. The van der Waals surface area contributed by atoms with Gasteiger partial charge in [-0.1, -0.05) is 24.9 Å². The largest absolute Gasteiger partial charge is 0.326 e. The lowest BCUT2D eigenvalue weighted by molar-refractivity contribution is 0.447. The molecule has 0 radical (unpaired) electrons. The van der Waals surface area contributed by atoms with E-state index in [-0.39, 0.29) is 22.0 Å². The standard InChI is InChI=1S/C13H18ClFN2O2S/c1-2-9-3-4-17(8-9)20(18,19)12-6-11(14)5-10(7-16)13(12)15/h5-6,9H,2-4,7-8,16H2,1H3. The Hall–Kier alpha value is -0.690. The average molecular weight is 321 g/mol. The monoisotopic (exact) mass is 320 g/mol. The van der Waals surface area contributed by atoms with Crippen molar-refractivity contribution in [1.29, 1.82) is 0 Å². The number of hydrogen-bond acceptors (Lipinski definition) is 3. The Morgan fingerprint density at radius 2 is 2.20 bits per heavy atom. The molecule has 1 aliphatic rings. The fourth-order valence-corrected chi connectivity index (χ4v) is 4.41. The summed E-state index contributed by atoms with van der Waals surface area (Å²) in [7, 11) is -3.85. The van der Waals surface area contributed by atoms with Crippen LogP contribution in [0.3, 0.4) is 0 Å². The van der Waals surface area contributed by atoms with Crippen LogP contribution in [0.25, 0.3) is 0 Å². The number of benzene rings is 1. The molecule has 1 fully saturated rings. The van der Waals surface area contributed by atoms with E-state index in [4.69, 9.17) is 17.3 Å². The van der Waals surface area contributed by atoms with Crippen molar-refractivity contribution in [2.24, 2.45) is 11.7 Å². The fourth-order valence-electron chi connectivity index (χ4n) is 2.44. The summed E-state index contributed by atoms with van der Waals surface area (Å²) in [5, 5.41) is 0.177. The van der Waals surface area contributed by atoms with Gasteiger partial charge in [0.15, 0.2) is 0 Å². The van der Waals surface area contributed by atoms with Crippen molar-refractivity contribution in [3.8, 4) is 0 Å². The van der Waals surface area contributed by atoms with Gasteiger partial charge in [-0.3, -0.25) is 0 Å². The minimum Gasteiger partial charge on any atom is -0.326 e. The number of halogens is 2. The minimum absolute atomic E-state index is 0.0908. The summed E-state index contributed by atoms with van der Waals surface area (Å²) in [5.41, 5.74) is 5.53. The summed E-state index contributed by atoms with van der Waals surface area (Å²) in [6.45, 7) is 2.78. The summed E-state index contributed by atoms with van der Waals surface area (Å²) in [6, 6.07) is 2.51. The van der Waals surface area contributed by atoms with Crippen LogP contribution in [0.15, 0.2) is 17.0 Å². The van der Waals surface area contributed by atoms with E-state index in [1.165, 1.54) is 10.4 Å². The van der Waals surface area contributed by atoms with Gasteiger partial charge in [-0.25, -0.2) is 12.8 Å².